The summed E-state index contributed by atoms with van der Waals surface area (Å²) in [7, 11) is 0. The van der Waals surface area contributed by atoms with Gasteiger partial charge in [0.05, 0.1) is 6.04 Å². The van der Waals surface area contributed by atoms with Gasteiger partial charge in [0.25, 0.3) is 0 Å². The standard InChI is InChI=1S/C20H38N8O6/c1-4-10(2)15(22)18(32)28-13(7-8-14(21)29)17(31)27-12(6-5-9-25-20(23)24)16(30)26-11(3)19(33)34/h10-13,15H,4-9,22H2,1-3H3,(H2,21,29)(H,26,30)(H,27,31)(H,28,32)(H,33,34)(H4,23,24,25). The van der Waals surface area contributed by atoms with Crippen molar-refractivity contribution in [3.63, 3.8) is 0 Å². The molecule has 0 radical (unpaired) electrons. The second-order valence-electron chi connectivity index (χ2n) is 8.06. The molecular formula is C20H38N8O6. The number of nitrogens with zero attached hydrogens (tertiary/aromatic N) is 1. The molecule has 0 bridgehead atoms. The van der Waals surface area contributed by atoms with Gasteiger partial charge in [-0.1, -0.05) is 20.3 Å². The number of hydrogen-bond donors (Lipinski definition) is 8. The van der Waals surface area contributed by atoms with Crippen LogP contribution in [0.3, 0.4) is 0 Å². The summed E-state index contributed by atoms with van der Waals surface area (Å²) in [5.41, 5.74) is 21.7. The molecule has 34 heavy (non-hydrogen) atoms. The Morgan fingerprint density at radius 2 is 1.41 bits per heavy atom. The Morgan fingerprint density at radius 3 is 1.91 bits per heavy atom. The molecule has 4 amide bonds. The van der Waals surface area contributed by atoms with E-state index < -0.39 is 53.8 Å². The number of carboxylic acids is 1. The van der Waals surface area contributed by atoms with Crippen LogP contribution >= 0.6 is 0 Å². The summed E-state index contributed by atoms with van der Waals surface area (Å²) in [6.45, 7) is 5.08. The second kappa shape index (κ2) is 15.4. The molecule has 0 rings (SSSR count). The van der Waals surface area contributed by atoms with Gasteiger partial charge < -0.3 is 44.0 Å². The first-order chi connectivity index (χ1) is 15.8. The van der Waals surface area contributed by atoms with Crippen LogP contribution < -0.4 is 38.9 Å². The number of hydrogen-bond acceptors (Lipinski definition) is 7. The van der Waals surface area contributed by atoms with E-state index in [1.54, 1.807) is 6.92 Å². The van der Waals surface area contributed by atoms with Gasteiger partial charge in [-0.3, -0.25) is 29.0 Å². The quantitative estimate of drug-likeness (QED) is 0.0637. The van der Waals surface area contributed by atoms with Crippen LogP contribution in [0.15, 0.2) is 4.99 Å². The molecule has 0 saturated carbocycles. The van der Waals surface area contributed by atoms with E-state index in [9.17, 15) is 24.0 Å². The van der Waals surface area contributed by atoms with Crippen LogP contribution in [0.25, 0.3) is 0 Å². The summed E-state index contributed by atoms with van der Waals surface area (Å²) in [6.07, 6.45) is 0.674. The number of rotatable bonds is 16. The molecule has 0 saturated heterocycles. The molecule has 0 aliphatic rings. The van der Waals surface area contributed by atoms with Crippen LogP contribution in [0.2, 0.25) is 0 Å². The summed E-state index contributed by atoms with van der Waals surface area (Å²) in [4.78, 5) is 64.2. The molecule has 0 aliphatic carbocycles. The Hall–Kier alpha value is -3.42. The highest BCUT2D eigenvalue weighted by Crippen LogP contribution is 2.08. The minimum absolute atomic E-state index is 0.0730. The number of aliphatic carboxylic acids is 1. The zero-order chi connectivity index (χ0) is 26.4. The predicted octanol–water partition coefficient (Wildman–Crippen LogP) is -2.76. The third kappa shape index (κ3) is 12.0. The van der Waals surface area contributed by atoms with Gasteiger partial charge in [-0.25, -0.2) is 0 Å². The van der Waals surface area contributed by atoms with Gasteiger partial charge in [-0.05, 0) is 32.1 Å². The average Bonchev–Trinajstić information content (AvgIpc) is 2.76. The maximum atomic E-state index is 12.9. The molecule has 0 fully saturated rings. The van der Waals surface area contributed by atoms with E-state index in [0.717, 1.165) is 0 Å². The molecule has 14 nitrogen and oxygen atoms in total. The van der Waals surface area contributed by atoms with E-state index in [4.69, 9.17) is 28.0 Å². The molecule has 0 aromatic heterocycles. The molecule has 0 spiro atoms. The largest absolute Gasteiger partial charge is 0.480 e. The first-order valence-corrected chi connectivity index (χ1v) is 11.0. The minimum Gasteiger partial charge on any atom is -0.480 e. The smallest absolute Gasteiger partial charge is 0.325 e. The molecule has 194 valence electrons. The number of primary amides is 1. The molecular weight excluding hydrogens is 448 g/mol. The van der Waals surface area contributed by atoms with E-state index in [1.807, 2.05) is 6.92 Å². The highest BCUT2D eigenvalue weighted by molar-refractivity contribution is 5.94. The molecule has 0 aromatic rings. The van der Waals surface area contributed by atoms with Crippen LogP contribution in [0, 0.1) is 5.92 Å². The van der Waals surface area contributed by atoms with Crippen molar-refractivity contribution in [2.75, 3.05) is 6.54 Å². The SMILES string of the molecule is CCC(C)C(N)C(=O)NC(CCC(N)=O)C(=O)NC(CCCN=C(N)N)C(=O)NC(C)C(=O)O. The minimum atomic E-state index is -1.26. The number of amides is 4. The average molecular weight is 487 g/mol. The summed E-state index contributed by atoms with van der Waals surface area (Å²) in [6, 6.07) is -4.44. The van der Waals surface area contributed by atoms with E-state index in [1.165, 1.54) is 6.92 Å². The van der Waals surface area contributed by atoms with Crippen LogP contribution in [0.4, 0.5) is 0 Å². The first kappa shape index (κ1) is 30.6. The van der Waals surface area contributed by atoms with Gasteiger partial charge in [0.15, 0.2) is 5.96 Å². The third-order valence-corrected chi connectivity index (χ3v) is 5.18. The molecule has 12 N–H and O–H groups in total. The number of guanidine groups is 1. The van der Waals surface area contributed by atoms with Crippen molar-refractivity contribution in [1.82, 2.24) is 16.0 Å². The molecule has 5 atom stereocenters. The molecule has 5 unspecified atom stereocenters. The summed E-state index contributed by atoms with van der Waals surface area (Å²) in [5, 5.41) is 16.3. The summed E-state index contributed by atoms with van der Waals surface area (Å²) < 4.78 is 0. The topological polar surface area (TPSA) is 258 Å². The Balaban J connectivity index is 5.54. The fourth-order valence-electron chi connectivity index (χ4n) is 2.76. The number of aliphatic imine (C=N–C) groups is 1. The second-order valence-corrected chi connectivity index (χ2v) is 8.06. The van der Waals surface area contributed by atoms with Crippen LogP contribution in [0.5, 0.6) is 0 Å². The highest BCUT2D eigenvalue weighted by Gasteiger charge is 2.30. The molecule has 0 aromatic carbocycles. The van der Waals surface area contributed by atoms with Crippen molar-refractivity contribution in [3.8, 4) is 0 Å². The third-order valence-electron chi connectivity index (χ3n) is 5.18. The Kier molecular flexibility index (Phi) is 13.9. The van der Waals surface area contributed by atoms with Gasteiger partial charge in [0.1, 0.15) is 18.1 Å². The lowest BCUT2D eigenvalue weighted by molar-refractivity contribution is -0.141. The Labute approximate surface area is 198 Å². The maximum Gasteiger partial charge on any atom is 0.325 e. The van der Waals surface area contributed by atoms with E-state index >= 15 is 0 Å². The van der Waals surface area contributed by atoms with Crippen molar-refractivity contribution in [2.45, 2.75) is 77.0 Å². The Morgan fingerprint density at radius 1 is 0.882 bits per heavy atom. The zero-order valence-corrected chi connectivity index (χ0v) is 19.9. The van der Waals surface area contributed by atoms with Crippen molar-refractivity contribution < 1.29 is 29.1 Å². The van der Waals surface area contributed by atoms with Gasteiger partial charge in [-0.15, -0.1) is 0 Å². The predicted molar refractivity (Wildman–Crippen MR) is 125 cm³/mol. The van der Waals surface area contributed by atoms with E-state index in [-0.39, 0.29) is 44.1 Å². The van der Waals surface area contributed by atoms with Gasteiger partial charge >= 0.3 is 5.97 Å². The molecule has 14 heteroatoms. The van der Waals surface area contributed by atoms with Crippen molar-refractivity contribution in [3.05, 3.63) is 0 Å². The van der Waals surface area contributed by atoms with Gasteiger partial charge in [-0.2, -0.15) is 0 Å². The Bertz CT molecular complexity index is 755. The van der Waals surface area contributed by atoms with Crippen LogP contribution in [-0.4, -0.2) is 71.4 Å². The fourth-order valence-corrected chi connectivity index (χ4v) is 2.76. The lowest BCUT2D eigenvalue weighted by atomic mass is 9.98. The first-order valence-electron chi connectivity index (χ1n) is 11.0. The molecule has 0 aliphatic heterocycles. The number of nitrogens with one attached hydrogen (secondary N) is 3. The van der Waals surface area contributed by atoms with Gasteiger partial charge in [0, 0.05) is 13.0 Å². The van der Waals surface area contributed by atoms with E-state index in [2.05, 4.69) is 20.9 Å². The summed E-state index contributed by atoms with van der Waals surface area (Å²) in [5.74, 6) is -4.33. The van der Waals surface area contributed by atoms with Crippen LogP contribution in [-0.2, 0) is 24.0 Å². The highest BCUT2D eigenvalue weighted by atomic mass is 16.4. The van der Waals surface area contributed by atoms with Crippen molar-refractivity contribution >= 4 is 35.6 Å². The number of nitrogens with two attached hydrogens (primary N) is 4. The fraction of sp³-hybridized carbons (Fsp3) is 0.700. The lowest BCUT2D eigenvalue weighted by Crippen LogP contribution is -2.57. The van der Waals surface area contributed by atoms with Crippen molar-refractivity contribution in [2.24, 2.45) is 33.8 Å². The van der Waals surface area contributed by atoms with Gasteiger partial charge in [0.2, 0.25) is 23.6 Å². The monoisotopic (exact) mass is 486 g/mol. The number of carbonyl (C=O) groups is 5. The lowest BCUT2D eigenvalue weighted by Gasteiger charge is -2.25. The molecule has 0 heterocycles. The summed E-state index contributed by atoms with van der Waals surface area (Å²) >= 11 is 0. The number of carbonyl (C=O) groups excluding carboxylic acids is 4. The van der Waals surface area contributed by atoms with Crippen molar-refractivity contribution in [1.29, 1.82) is 0 Å². The number of carboxylic acid groups (broad SMARTS) is 1. The zero-order valence-electron chi connectivity index (χ0n) is 19.9. The van der Waals surface area contributed by atoms with Crippen LogP contribution in [0.1, 0.15) is 52.9 Å². The normalized spacial score (nSPS) is 15.1. The maximum absolute atomic E-state index is 12.9. The van der Waals surface area contributed by atoms with E-state index in [0.29, 0.717) is 6.42 Å².